The van der Waals surface area contributed by atoms with E-state index in [0.29, 0.717) is 6.42 Å². The number of aliphatic hydroxyl groups excluding tert-OH is 2. The molecule has 1 rings (SSSR count). The lowest BCUT2D eigenvalue weighted by molar-refractivity contribution is 0.241. The molecule has 78 valence electrons. The molecule has 1 unspecified atom stereocenters. The van der Waals surface area contributed by atoms with Crippen molar-refractivity contribution in [2.75, 3.05) is 0 Å². The normalized spacial score (nSPS) is 22.1. The molecule has 0 heterocycles. The van der Waals surface area contributed by atoms with Crippen molar-refractivity contribution >= 4 is 0 Å². The summed E-state index contributed by atoms with van der Waals surface area (Å²) in [5.41, 5.74) is 4.16. The highest BCUT2D eigenvalue weighted by Gasteiger charge is 2.21. The maximum Gasteiger partial charge on any atom is 0.117 e. The molecular formula is C12H18O2. The van der Waals surface area contributed by atoms with E-state index < -0.39 is 6.10 Å². The fourth-order valence-electron chi connectivity index (χ4n) is 1.64. The Morgan fingerprint density at radius 2 is 1.79 bits per heavy atom. The van der Waals surface area contributed by atoms with Crippen LogP contribution in [-0.2, 0) is 0 Å². The zero-order chi connectivity index (χ0) is 10.9. The van der Waals surface area contributed by atoms with E-state index in [1.165, 1.54) is 6.08 Å². The van der Waals surface area contributed by atoms with Gasteiger partial charge in [-0.15, -0.1) is 0 Å². The predicted molar refractivity (Wildman–Crippen MR) is 58.1 cm³/mol. The summed E-state index contributed by atoms with van der Waals surface area (Å²) >= 11 is 0. The summed E-state index contributed by atoms with van der Waals surface area (Å²) in [5.74, 6) is 0.225. The maximum atomic E-state index is 9.69. The average Bonchev–Trinajstić information content (AvgIpc) is 2.02. The van der Waals surface area contributed by atoms with E-state index in [1.54, 1.807) is 0 Å². The molecule has 1 aliphatic carbocycles. The molecule has 0 aliphatic heterocycles. The average molecular weight is 194 g/mol. The number of hydrogen-bond acceptors (Lipinski definition) is 2. The summed E-state index contributed by atoms with van der Waals surface area (Å²) in [6.07, 6.45) is 1.55. The minimum absolute atomic E-state index is 0.225. The van der Waals surface area contributed by atoms with Crippen LogP contribution >= 0.6 is 0 Å². The summed E-state index contributed by atoms with van der Waals surface area (Å²) in [6, 6.07) is 0. The van der Waals surface area contributed by atoms with Crippen LogP contribution < -0.4 is 0 Å². The molecule has 0 aromatic heterocycles. The van der Waals surface area contributed by atoms with E-state index in [0.717, 1.165) is 22.3 Å². The molecule has 14 heavy (non-hydrogen) atoms. The van der Waals surface area contributed by atoms with Crippen molar-refractivity contribution in [2.45, 2.75) is 40.2 Å². The molecule has 1 aliphatic rings. The van der Waals surface area contributed by atoms with Crippen LogP contribution in [0.15, 0.2) is 34.1 Å². The van der Waals surface area contributed by atoms with Crippen LogP contribution in [0.5, 0.6) is 0 Å². The van der Waals surface area contributed by atoms with Crippen LogP contribution in [-0.4, -0.2) is 16.3 Å². The zero-order valence-corrected chi connectivity index (χ0v) is 9.26. The molecule has 2 N–H and O–H groups in total. The predicted octanol–water partition coefficient (Wildman–Crippen LogP) is 2.87. The van der Waals surface area contributed by atoms with Gasteiger partial charge >= 0.3 is 0 Å². The van der Waals surface area contributed by atoms with Crippen molar-refractivity contribution < 1.29 is 10.2 Å². The minimum Gasteiger partial charge on any atom is -0.508 e. The second-order valence-electron chi connectivity index (χ2n) is 4.18. The first-order valence-electron chi connectivity index (χ1n) is 4.85. The fourth-order valence-corrected chi connectivity index (χ4v) is 1.64. The van der Waals surface area contributed by atoms with E-state index in [2.05, 4.69) is 0 Å². The molecule has 1 atom stereocenters. The molecule has 0 amide bonds. The van der Waals surface area contributed by atoms with Gasteiger partial charge in [0, 0.05) is 0 Å². The Morgan fingerprint density at radius 1 is 1.21 bits per heavy atom. The van der Waals surface area contributed by atoms with Gasteiger partial charge in [0.1, 0.15) is 5.76 Å². The summed E-state index contributed by atoms with van der Waals surface area (Å²) in [5, 5.41) is 19.3. The van der Waals surface area contributed by atoms with Crippen LogP contribution in [0.1, 0.15) is 34.1 Å². The van der Waals surface area contributed by atoms with Crippen molar-refractivity contribution in [3.8, 4) is 0 Å². The Labute approximate surface area is 85.3 Å². The van der Waals surface area contributed by atoms with Gasteiger partial charge in [-0.2, -0.15) is 0 Å². The van der Waals surface area contributed by atoms with Gasteiger partial charge in [-0.25, -0.2) is 0 Å². The van der Waals surface area contributed by atoms with Gasteiger partial charge in [-0.05, 0) is 51.3 Å². The smallest absolute Gasteiger partial charge is 0.117 e. The van der Waals surface area contributed by atoms with Crippen LogP contribution in [0.2, 0.25) is 0 Å². The Kier molecular flexibility index (Phi) is 3.17. The van der Waals surface area contributed by atoms with Crippen LogP contribution in [0, 0.1) is 0 Å². The Balaban J connectivity index is 3.18. The maximum absolute atomic E-state index is 9.69. The minimum atomic E-state index is -0.622. The molecule has 0 fully saturated rings. The zero-order valence-electron chi connectivity index (χ0n) is 9.26. The summed E-state index contributed by atoms with van der Waals surface area (Å²) in [4.78, 5) is 0. The third-order valence-electron chi connectivity index (χ3n) is 2.59. The van der Waals surface area contributed by atoms with E-state index in [-0.39, 0.29) is 5.76 Å². The lowest BCUT2D eigenvalue weighted by Gasteiger charge is -2.23. The van der Waals surface area contributed by atoms with Crippen molar-refractivity contribution in [3.63, 3.8) is 0 Å². The topological polar surface area (TPSA) is 40.5 Å². The highest BCUT2D eigenvalue weighted by atomic mass is 16.3. The first-order chi connectivity index (χ1) is 6.43. The third kappa shape index (κ3) is 2.07. The molecule has 0 bridgehead atoms. The Morgan fingerprint density at radius 3 is 2.21 bits per heavy atom. The molecule has 0 saturated heterocycles. The Bertz CT molecular complexity index is 324. The molecule has 0 radical (unpaired) electrons. The molecule has 0 aromatic rings. The Hall–Kier alpha value is -1.02. The second kappa shape index (κ2) is 4.01. The van der Waals surface area contributed by atoms with Crippen LogP contribution in [0.4, 0.5) is 0 Å². The number of allylic oxidation sites excluding steroid dienone is 3. The molecule has 0 aromatic carbocycles. The van der Waals surface area contributed by atoms with Gasteiger partial charge in [-0.3, -0.25) is 0 Å². The third-order valence-corrected chi connectivity index (χ3v) is 2.59. The van der Waals surface area contributed by atoms with Gasteiger partial charge in [0.15, 0.2) is 0 Å². The summed E-state index contributed by atoms with van der Waals surface area (Å²) < 4.78 is 0. The highest BCUT2D eigenvalue weighted by Crippen LogP contribution is 2.30. The molecule has 2 nitrogen and oxygen atoms in total. The standard InChI is InChI=1S/C12H18O2/c1-7(2)9-5-10(8(3)4)12(14)6-11(9)13/h6,11,13-14H,5H2,1-4H3. The molecule has 0 saturated carbocycles. The van der Waals surface area contributed by atoms with Crippen molar-refractivity contribution in [3.05, 3.63) is 34.1 Å². The number of hydrogen-bond donors (Lipinski definition) is 2. The van der Waals surface area contributed by atoms with Gasteiger partial charge in [0.2, 0.25) is 0 Å². The second-order valence-corrected chi connectivity index (χ2v) is 4.18. The first-order valence-corrected chi connectivity index (χ1v) is 4.85. The van der Waals surface area contributed by atoms with Crippen LogP contribution in [0.3, 0.4) is 0 Å². The van der Waals surface area contributed by atoms with E-state index in [1.807, 2.05) is 27.7 Å². The van der Waals surface area contributed by atoms with Crippen molar-refractivity contribution in [1.82, 2.24) is 0 Å². The van der Waals surface area contributed by atoms with Gasteiger partial charge in [0.05, 0.1) is 6.10 Å². The number of aliphatic hydroxyl groups is 2. The lowest BCUT2D eigenvalue weighted by Crippen LogP contribution is -2.16. The van der Waals surface area contributed by atoms with Gasteiger partial charge < -0.3 is 10.2 Å². The number of rotatable bonds is 0. The quantitative estimate of drug-likeness (QED) is 0.582. The van der Waals surface area contributed by atoms with E-state index in [9.17, 15) is 10.2 Å². The van der Waals surface area contributed by atoms with Crippen molar-refractivity contribution in [1.29, 1.82) is 0 Å². The molecule has 2 heteroatoms. The van der Waals surface area contributed by atoms with Gasteiger partial charge in [-0.1, -0.05) is 11.1 Å². The largest absolute Gasteiger partial charge is 0.508 e. The monoisotopic (exact) mass is 194 g/mol. The summed E-state index contributed by atoms with van der Waals surface area (Å²) in [6.45, 7) is 7.91. The lowest BCUT2D eigenvalue weighted by atomic mass is 9.88. The first kappa shape index (κ1) is 11.1. The summed E-state index contributed by atoms with van der Waals surface area (Å²) in [7, 11) is 0. The molecule has 0 spiro atoms. The van der Waals surface area contributed by atoms with Crippen molar-refractivity contribution in [2.24, 2.45) is 0 Å². The SMILES string of the molecule is CC(C)=C1CC(=C(C)C)C(O)C=C1O. The van der Waals surface area contributed by atoms with Gasteiger partial charge in [0.25, 0.3) is 0 Å². The fraction of sp³-hybridized carbons (Fsp3) is 0.500. The highest BCUT2D eigenvalue weighted by molar-refractivity contribution is 5.42. The van der Waals surface area contributed by atoms with E-state index >= 15 is 0 Å². The van der Waals surface area contributed by atoms with E-state index in [4.69, 9.17) is 0 Å². The van der Waals surface area contributed by atoms with Crippen LogP contribution in [0.25, 0.3) is 0 Å². The molecular weight excluding hydrogens is 176 g/mol.